The van der Waals surface area contributed by atoms with Crippen LogP contribution in [0.5, 0.6) is 0 Å². The summed E-state index contributed by atoms with van der Waals surface area (Å²) in [5.41, 5.74) is -0.305. The summed E-state index contributed by atoms with van der Waals surface area (Å²) in [5.74, 6) is 0.0757. The minimum atomic E-state index is -0.305. The zero-order chi connectivity index (χ0) is 8.44. The van der Waals surface area contributed by atoms with E-state index >= 15 is 0 Å². The summed E-state index contributed by atoms with van der Waals surface area (Å²) in [6, 6.07) is 0. The molecule has 0 bridgehead atoms. The molecule has 2 fully saturated rings. The Balaban J connectivity index is 0.000000845. The van der Waals surface area contributed by atoms with Gasteiger partial charge in [-0.2, -0.15) is 0 Å². The summed E-state index contributed by atoms with van der Waals surface area (Å²) in [6.45, 7) is 2.55. The molecule has 76 valence electrons. The Kier molecular flexibility index (Phi) is 3.53. The molecular formula is C8H14ClNO3. The van der Waals surface area contributed by atoms with E-state index in [2.05, 4.69) is 5.32 Å². The first-order chi connectivity index (χ1) is 5.81. The fourth-order valence-corrected chi connectivity index (χ4v) is 1.74. The van der Waals surface area contributed by atoms with Crippen LogP contribution < -0.4 is 5.32 Å². The zero-order valence-electron chi connectivity index (χ0n) is 7.38. The van der Waals surface area contributed by atoms with E-state index in [1.54, 1.807) is 0 Å². The summed E-state index contributed by atoms with van der Waals surface area (Å²) in [5, 5.41) is 2.78. The lowest BCUT2D eigenvalue weighted by Gasteiger charge is -2.39. The van der Waals surface area contributed by atoms with E-state index < -0.39 is 0 Å². The van der Waals surface area contributed by atoms with Gasteiger partial charge in [-0.25, -0.2) is 0 Å². The summed E-state index contributed by atoms with van der Waals surface area (Å²) >= 11 is 0. The number of hydrogen-bond acceptors (Lipinski definition) is 3. The number of halogens is 1. The molecular weight excluding hydrogens is 194 g/mol. The van der Waals surface area contributed by atoms with Gasteiger partial charge in [0.15, 0.2) is 0 Å². The second-order valence-corrected chi connectivity index (χ2v) is 3.36. The third-order valence-electron chi connectivity index (χ3n) is 2.39. The van der Waals surface area contributed by atoms with Crippen molar-refractivity contribution in [2.45, 2.75) is 18.4 Å². The maximum atomic E-state index is 11.1. The van der Waals surface area contributed by atoms with Crippen molar-refractivity contribution in [3.63, 3.8) is 0 Å². The molecule has 1 spiro atoms. The van der Waals surface area contributed by atoms with Gasteiger partial charge in [0, 0.05) is 6.54 Å². The highest BCUT2D eigenvalue weighted by atomic mass is 35.5. The van der Waals surface area contributed by atoms with Crippen molar-refractivity contribution >= 4 is 18.3 Å². The lowest BCUT2D eigenvalue weighted by Crippen LogP contribution is -2.52. The Morgan fingerprint density at radius 1 is 1.38 bits per heavy atom. The van der Waals surface area contributed by atoms with Crippen LogP contribution >= 0.6 is 12.4 Å². The molecule has 1 unspecified atom stereocenters. The first-order valence-corrected chi connectivity index (χ1v) is 4.29. The summed E-state index contributed by atoms with van der Waals surface area (Å²) in [7, 11) is 0. The number of ether oxygens (including phenoxy) is 2. The number of carbonyl (C=O) groups excluding carboxylic acids is 1. The molecule has 5 heteroatoms. The standard InChI is InChI=1S/C8H13NO3.ClH/c10-7-5-8(1-2-9-7)6-11-3-4-12-8;/h1-6H2,(H,9,10);1H. The van der Waals surface area contributed by atoms with Crippen molar-refractivity contribution in [3.05, 3.63) is 0 Å². The van der Waals surface area contributed by atoms with Crippen LogP contribution in [0.15, 0.2) is 0 Å². The smallest absolute Gasteiger partial charge is 0.223 e. The fourth-order valence-electron chi connectivity index (χ4n) is 1.74. The lowest BCUT2D eigenvalue weighted by atomic mass is 9.92. The van der Waals surface area contributed by atoms with Crippen LogP contribution in [0.4, 0.5) is 0 Å². The van der Waals surface area contributed by atoms with E-state index in [-0.39, 0.29) is 23.9 Å². The van der Waals surface area contributed by atoms with Gasteiger partial charge in [0.05, 0.1) is 26.2 Å². The molecule has 2 rings (SSSR count). The average Bonchev–Trinajstić information content (AvgIpc) is 2.05. The zero-order valence-corrected chi connectivity index (χ0v) is 8.19. The normalized spacial score (nSPS) is 33.7. The Bertz CT molecular complexity index is 186. The van der Waals surface area contributed by atoms with Crippen LogP contribution in [0.25, 0.3) is 0 Å². The quantitative estimate of drug-likeness (QED) is 0.613. The van der Waals surface area contributed by atoms with Crippen LogP contribution in [-0.2, 0) is 14.3 Å². The average molecular weight is 208 g/mol. The van der Waals surface area contributed by atoms with Gasteiger partial charge in [0.25, 0.3) is 0 Å². The summed E-state index contributed by atoms with van der Waals surface area (Å²) in [6.07, 6.45) is 1.33. The third kappa shape index (κ3) is 2.33. The van der Waals surface area contributed by atoms with Gasteiger partial charge in [-0.15, -0.1) is 12.4 Å². The maximum absolute atomic E-state index is 11.1. The minimum absolute atomic E-state index is 0. The van der Waals surface area contributed by atoms with E-state index in [0.29, 0.717) is 32.8 Å². The Morgan fingerprint density at radius 3 is 2.85 bits per heavy atom. The molecule has 2 aliphatic rings. The van der Waals surface area contributed by atoms with Gasteiger partial charge in [-0.05, 0) is 6.42 Å². The molecule has 4 nitrogen and oxygen atoms in total. The topological polar surface area (TPSA) is 47.6 Å². The van der Waals surface area contributed by atoms with Crippen LogP contribution in [-0.4, -0.2) is 37.9 Å². The highest BCUT2D eigenvalue weighted by Gasteiger charge is 2.38. The number of hydrogen-bond donors (Lipinski definition) is 1. The molecule has 0 radical (unpaired) electrons. The largest absolute Gasteiger partial charge is 0.376 e. The monoisotopic (exact) mass is 207 g/mol. The molecule has 0 aliphatic carbocycles. The highest BCUT2D eigenvalue weighted by molar-refractivity contribution is 5.85. The van der Waals surface area contributed by atoms with E-state index in [4.69, 9.17) is 9.47 Å². The van der Waals surface area contributed by atoms with Crippen molar-refractivity contribution < 1.29 is 14.3 Å². The summed E-state index contributed by atoms with van der Waals surface area (Å²) < 4.78 is 10.9. The SMILES string of the molecule is Cl.O=C1CC2(CCN1)COCCO2. The van der Waals surface area contributed by atoms with E-state index in [9.17, 15) is 4.79 Å². The van der Waals surface area contributed by atoms with Gasteiger partial charge < -0.3 is 14.8 Å². The number of piperidine rings is 1. The molecule has 2 heterocycles. The van der Waals surface area contributed by atoms with Gasteiger partial charge in [0.1, 0.15) is 5.60 Å². The number of rotatable bonds is 0. The predicted molar refractivity (Wildman–Crippen MR) is 49.0 cm³/mol. The first kappa shape index (κ1) is 10.8. The highest BCUT2D eigenvalue weighted by Crippen LogP contribution is 2.26. The molecule has 1 amide bonds. The van der Waals surface area contributed by atoms with Gasteiger partial charge in [-0.1, -0.05) is 0 Å². The van der Waals surface area contributed by atoms with Crippen LogP contribution in [0.2, 0.25) is 0 Å². The summed E-state index contributed by atoms with van der Waals surface area (Å²) in [4.78, 5) is 11.1. The van der Waals surface area contributed by atoms with Crippen LogP contribution in [0, 0.1) is 0 Å². The molecule has 0 aromatic heterocycles. The molecule has 2 aliphatic heterocycles. The number of nitrogens with one attached hydrogen (secondary N) is 1. The third-order valence-corrected chi connectivity index (χ3v) is 2.39. The van der Waals surface area contributed by atoms with E-state index in [0.717, 1.165) is 6.42 Å². The first-order valence-electron chi connectivity index (χ1n) is 4.29. The molecule has 13 heavy (non-hydrogen) atoms. The second kappa shape index (κ2) is 4.26. The maximum Gasteiger partial charge on any atom is 0.223 e. The van der Waals surface area contributed by atoms with Crippen molar-refractivity contribution in [2.24, 2.45) is 0 Å². The van der Waals surface area contributed by atoms with Crippen LogP contribution in [0.3, 0.4) is 0 Å². The van der Waals surface area contributed by atoms with E-state index in [1.807, 2.05) is 0 Å². The molecule has 0 aromatic carbocycles. The number of carbonyl (C=O) groups is 1. The van der Waals surface area contributed by atoms with Gasteiger partial charge in [0.2, 0.25) is 5.91 Å². The Labute approximate surface area is 83.4 Å². The van der Waals surface area contributed by atoms with Crippen molar-refractivity contribution in [2.75, 3.05) is 26.4 Å². The van der Waals surface area contributed by atoms with Crippen molar-refractivity contribution in [1.29, 1.82) is 0 Å². The Morgan fingerprint density at radius 2 is 2.23 bits per heavy atom. The molecule has 1 atom stereocenters. The lowest BCUT2D eigenvalue weighted by molar-refractivity contribution is -0.175. The molecule has 2 saturated heterocycles. The molecule has 1 N–H and O–H groups in total. The van der Waals surface area contributed by atoms with Gasteiger partial charge in [-0.3, -0.25) is 4.79 Å². The van der Waals surface area contributed by atoms with Gasteiger partial charge >= 0.3 is 0 Å². The molecule has 0 aromatic rings. The van der Waals surface area contributed by atoms with E-state index in [1.165, 1.54) is 0 Å². The minimum Gasteiger partial charge on any atom is -0.376 e. The van der Waals surface area contributed by atoms with Crippen molar-refractivity contribution in [3.8, 4) is 0 Å². The number of amides is 1. The Hall–Kier alpha value is -0.320. The molecule has 0 saturated carbocycles. The van der Waals surface area contributed by atoms with Crippen LogP contribution in [0.1, 0.15) is 12.8 Å². The fraction of sp³-hybridized carbons (Fsp3) is 0.875. The van der Waals surface area contributed by atoms with Crippen molar-refractivity contribution in [1.82, 2.24) is 5.32 Å². The second-order valence-electron chi connectivity index (χ2n) is 3.36. The predicted octanol–water partition coefficient (Wildman–Crippen LogP) is 0.104.